The molecular weight excluding hydrogens is 452 g/mol. The van der Waals surface area contributed by atoms with Crippen molar-refractivity contribution in [2.75, 3.05) is 19.8 Å². The van der Waals surface area contributed by atoms with Gasteiger partial charge < -0.3 is 20.0 Å². The third-order valence-corrected chi connectivity index (χ3v) is 6.97. The Morgan fingerprint density at radius 2 is 1.91 bits per heavy atom. The Bertz CT molecular complexity index is 1030. The Labute approximate surface area is 203 Å². The van der Waals surface area contributed by atoms with Gasteiger partial charge in [0.2, 0.25) is 18.2 Å². The number of fused-ring (bicyclic) bond motifs is 1. The van der Waals surface area contributed by atoms with Gasteiger partial charge in [-0.25, -0.2) is 5.06 Å². The Morgan fingerprint density at radius 1 is 1.14 bits per heavy atom. The first-order valence-corrected chi connectivity index (χ1v) is 12.2. The predicted molar refractivity (Wildman–Crippen MR) is 126 cm³/mol. The van der Waals surface area contributed by atoms with E-state index in [1.54, 1.807) is 17.0 Å². The van der Waals surface area contributed by atoms with Gasteiger partial charge in [-0.1, -0.05) is 43.9 Å². The third kappa shape index (κ3) is 6.00. The maximum atomic E-state index is 13.4. The minimum absolute atomic E-state index is 0.0861. The number of hydrogen-bond donors (Lipinski definition) is 3. The van der Waals surface area contributed by atoms with Crippen LogP contribution in [0.3, 0.4) is 0 Å². The van der Waals surface area contributed by atoms with Crippen molar-refractivity contribution >= 4 is 35.1 Å². The molecule has 3 N–H and O–H groups in total. The molecule has 0 unspecified atom stereocenters. The number of benzene rings is 1. The number of amides is 4. The molecular formula is C25H32N4O6. The second-order valence-corrected chi connectivity index (χ2v) is 9.37. The number of carbonyl (C=O) groups excluding carboxylic acids is 4. The summed E-state index contributed by atoms with van der Waals surface area (Å²) < 4.78 is 5.53. The molecule has 188 valence electrons. The van der Waals surface area contributed by atoms with Crippen LogP contribution in [0.5, 0.6) is 0 Å². The molecule has 2 aromatic rings. The number of furan rings is 1. The van der Waals surface area contributed by atoms with Gasteiger partial charge in [-0.05, 0) is 37.3 Å². The minimum Gasteiger partial charge on any atom is -0.451 e. The van der Waals surface area contributed by atoms with E-state index >= 15 is 0 Å². The lowest BCUT2D eigenvalue weighted by Crippen LogP contribution is -2.51. The molecule has 0 spiro atoms. The second-order valence-electron chi connectivity index (χ2n) is 9.37. The summed E-state index contributed by atoms with van der Waals surface area (Å²) in [5.74, 6) is -1.05. The van der Waals surface area contributed by atoms with Crippen molar-refractivity contribution in [1.29, 1.82) is 0 Å². The van der Waals surface area contributed by atoms with Gasteiger partial charge in [0.05, 0.1) is 19.1 Å². The molecule has 1 aromatic heterocycles. The van der Waals surface area contributed by atoms with E-state index in [9.17, 15) is 24.4 Å². The summed E-state index contributed by atoms with van der Waals surface area (Å²) in [5.41, 5.74) is 0.602. The number of hydroxylamine groups is 2. The zero-order valence-corrected chi connectivity index (χ0v) is 19.7. The number of likely N-dealkylation sites (tertiary alicyclic amines) is 1. The topological polar surface area (TPSA) is 132 Å². The van der Waals surface area contributed by atoms with E-state index in [1.165, 1.54) is 0 Å². The van der Waals surface area contributed by atoms with Crippen LogP contribution in [0.2, 0.25) is 0 Å². The van der Waals surface area contributed by atoms with Crippen LogP contribution in [0.25, 0.3) is 11.0 Å². The highest BCUT2D eigenvalue weighted by Gasteiger charge is 2.38. The largest absolute Gasteiger partial charge is 0.451 e. The molecule has 2 heterocycles. The molecule has 2 aliphatic rings. The van der Waals surface area contributed by atoms with Gasteiger partial charge in [-0.15, -0.1) is 0 Å². The first-order chi connectivity index (χ1) is 17.0. The fraction of sp³-hybridized carbons (Fsp3) is 0.520. The highest BCUT2D eigenvalue weighted by Crippen LogP contribution is 2.32. The first kappa shape index (κ1) is 24.7. The molecule has 2 atom stereocenters. The van der Waals surface area contributed by atoms with E-state index in [0.29, 0.717) is 48.8 Å². The normalized spacial score (nSPS) is 19.0. The number of carbonyl (C=O) groups is 4. The summed E-state index contributed by atoms with van der Waals surface area (Å²) in [6.07, 6.45) is 6.39. The van der Waals surface area contributed by atoms with Crippen molar-refractivity contribution in [3.8, 4) is 0 Å². The maximum absolute atomic E-state index is 13.4. The van der Waals surface area contributed by atoms with Crippen molar-refractivity contribution in [3.05, 3.63) is 36.1 Å². The quantitative estimate of drug-likeness (QED) is 0.205. The molecule has 4 amide bonds. The van der Waals surface area contributed by atoms with Crippen molar-refractivity contribution in [1.82, 2.24) is 20.6 Å². The highest BCUT2D eigenvalue weighted by molar-refractivity contribution is 5.96. The van der Waals surface area contributed by atoms with Crippen molar-refractivity contribution in [2.24, 2.45) is 11.8 Å². The molecule has 4 rings (SSSR count). The van der Waals surface area contributed by atoms with E-state index < -0.39 is 17.9 Å². The van der Waals surface area contributed by atoms with Gasteiger partial charge in [-0.2, -0.15) is 0 Å². The van der Waals surface area contributed by atoms with Crippen molar-refractivity contribution in [3.63, 3.8) is 0 Å². The predicted octanol–water partition coefficient (Wildman–Crippen LogP) is 2.27. The lowest BCUT2D eigenvalue weighted by Gasteiger charge is -2.30. The number of hydrogen-bond acceptors (Lipinski definition) is 6. The minimum atomic E-state index is -0.653. The molecule has 10 nitrogen and oxygen atoms in total. The van der Waals surface area contributed by atoms with Crippen molar-refractivity contribution < 1.29 is 28.8 Å². The summed E-state index contributed by atoms with van der Waals surface area (Å²) in [6.45, 7) is 0.251. The Morgan fingerprint density at radius 3 is 2.66 bits per heavy atom. The monoisotopic (exact) mass is 484 g/mol. The van der Waals surface area contributed by atoms with Gasteiger partial charge in [0.15, 0.2) is 5.76 Å². The molecule has 1 aliphatic carbocycles. The van der Waals surface area contributed by atoms with Gasteiger partial charge >= 0.3 is 0 Å². The zero-order chi connectivity index (χ0) is 24.8. The number of rotatable bonds is 10. The maximum Gasteiger partial charge on any atom is 0.288 e. The van der Waals surface area contributed by atoms with Gasteiger partial charge in [0, 0.05) is 11.9 Å². The van der Waals surface area contributed by atoms with Crippen LogP contribution >= 0.6 is 0 Å². The number of para-hydroxylation sites is 1. The third-order valence-electron chi connectivity index (χ3n) is 6.97. The van der Waals surface area contributed by atoms with Gasteiger partial charge in [0.1, 0.15) is 11.6 Å². The Hall–Kier alpha value is -3.40. The lowest BCUT2D eigenvalue weighted by molar-refractivity contribution is -0.158. The van der Waals surface area contributed by atoms with E-state index in [1.807, 2.05) is 18.2 Å². The summed E-state index contributed by atoms with van der Waals surface area (Å²) in [4.78, 5) is 51.1. The van der Waals surface area contributed by atoms with Crippen LogP contribution in [0.1, 0.15) is 55.5 Å². The van der Waals surface area contributed by atoms with Crippen molar-refractivity contribution in [2.45, 2.75) is 51.0 Å². The SMILES string of the molecule is O=CN(O)C[C@@H](CC1CCCC1)C(=O)N1CCC[C@H]1C(=O)NCNC(=O)c1cc2ccccc2o1. The molecule has 1 saturated heterocycles. The van der Waals surface area contributed by atoms with E-state index in [0.717, 1.165) is 31.1 Å². The van der Waals surface area contributed by atoms with Crippen LogP contribution in [-0.2, 0) is 14.4 Å². The molecule has 2 fully saturated rings. The zero-order valence-electron chi connectivity index (χ0n) is 19.7. The van der Waals surface area contributed by atoms with Gasteiger partial charge in [0.25, 0.3) is 5.91 Å². The van der Waals surface area contributed by atoms with Crippen LogP contribution in [0.15, 0.2) is 34.7 Å². The summed E-state index contributed by atoms with van der Waals surface area (Å²) >= 11 is 0. The first-order valence-electron chi connectivity index (χ1n) is 12.2. The van der Waals surface area contributed by atoms with E-state index in [4.69, 9.17) is 4.42 Å². The Kier molecular flexibility index (Phi) is 8.02. The Balaban J connectivity index is 1.32. The average molecular weight is 485 g/mol. The highest BCUT2D eigenvalue weighted by atomic mass is 16.5. The van der Waals surface area contributed by atoms with Crippen LogP contribution in [-0.4, -0.2) is 65.1 Å². The molecule has 1 aliphatic heterocycles. The fourth-order valence-electron chi connectivity index (χ4n) is 5.22. The molecule has 1 saturated carbocycles. The summed E-state index contributed by atoms with van der Waals surface area (Å²) in [5, 5.41) is 16.4. The van der Waals surface area contributed by atoms with Crippen LogP contribution in [0, 0.1) is 11.8 Å². The van der Waals surface area contributed by atoms with E-state index in [-0.39, 0.29) is 30.8 Å². The number of nitrogens with zero attached hydrogens (tertiary/aromatic N) is 2. The molecule has 0 bridgehead atoms. The molecule has 10 heteroatoms. The summed E-state index contributed by atoms with van der Waals surface area (Å²) in [7, 11) is 0. The average Bonchev–Trinajstić information content (AvgIpc) is 3.63. The standard InChI is InChI=1S/C25H32N4O6/c30-16-28(34)14-19(12-17-6-1-2-7-17)25(33)29-11-5-9-20(29)23(31)26-15-27-24(32)22-13-18-8-3-4-10-21(18)35-22/h3-4,8,10,13,16-17,19-20,34H,1-2,5-7,9,11-12,14-15H2,(H,26,31)(H,27,32)/t19-,20+/m1/s1. The molecule has 1 aromatic carbocycles. The molecule has 35 heavy (non-hydrogen) atoms. The smallest absolute Gasteiger partial charge is 0.288 e. The molecule has 0 radical (unpaired) electrons. The van der Waals surface area contributed by atoms with Gasteiger partial charge in [-0.3, -0.25) is 24.4 Å². The number of nitrogens with one attached hydrogen (secondary N) is 2. The van der Waals surface area contributed by atoms with Crippen LogP contribution < -0.4 is 10.6 Å². The summed E-state index contributed by atoms with van der Waals surface area (Å²) in [6, 6.07) is 8.26. The lowest BCUT2D eigenvalue weighted by atomic mass is 9.91. The van der Waals surface area contributed by atoms with E-state index in [2.05, 4.69) is 10.6 Å². The second kappa shape index (κ2) is 11.4. The fourth-order valence-corrected chi connectivity index (χ4v) is 5.22. The van der Waals surface area contributed by atoms with Crippen LogP contribution in [0.4, 0.5) is 0 Å².